The second kappa shape index (κ2) is 9.02. The van der Waals surface area contributed by atoms with Gasteiger partial charge in [0.05, 0.1) is 13.0 Å². The van der Waals surface area contributed by atoms with Crippen LogP contribution in [0.25, 0.3) is 0 Å². The summed E-state index contributed by atoms with van der Waals surface area (Å²) >= 11 is 0. The summed E-state index contributed by atoms with van der Waals surface area (Å²) in [5, 5.41) is 12.1. The molecular weight excluding hydrogens is 346 g/mol. The summed E-state index contributed by atoms with van der Waals surface area (Å²) in [5.74, 6) is 1.97. The van der Waals surface area contributed by atoms with Crippen LogP contribution in [-0.4, -0.2) is 37.3 Å². The quantitative estimate of drug-likeness (QED) is 0.454. The van der Waals surface area contributed by atoms with Crippen molar-refractivity contribution in [2.75, 3.05) is 6.54 Å². The van der Waals surface area contributed by atoms with Crippen LogP contribution in [0.1, 0.15) is 37.5 Å². The van der Waals surface area contributed by atoms with Crippen LogP contribution in [0.2, 0.25) is 19.6 Å². The van der Waals surface area contributed by atoms with Gasteiger partial charge in [-0.2, -0.15) is 0 Å². The second-order valence-electron chi connectivity index (χ2n) is 8.30. The molecule has 0 radical (unpaired) electrons. The molecule has 0 bridgehead atoms. The molecule has 0 aliphatic heterocycles. The maximum Gasteiger partial charge on any atom is 0.320 e. The number of esters is 1. The molecule has 0 atom stereocenters. The number of nitrogens with one attached hydrogen (secondary N) is 1. The molecule has 26 heavy (non-hydrogen) atoms. The van der Waals surface area contributed by atoms with Crippen molar-refractivity contribution in [2.45, 2.75) is 59.0 Å². The third-order valence-corrected chi connectivity index (χ3v) is 3.88. The lowest BCUT2D eigenvalue weighted by atomic mass is 10.0. The van der Waals surface area contributed by atoms with Crippen molar-refractivity contribution < 1.29 is 19.4 Å². The van der Waals surface area contributed by atoms with E-state index in [0.29, 0.717) is 12.1 Å². The van der Waals surface area contributed by atoms with Crippen molar-refractivity contribution >= 4 is 20.0 Å². The normalized spacial score (nSPS) is 11.5. The van der Waals surface area contributed by atoms with Crippen LogP contribution in [0.4, 0.5) is 0 Å². The molecule has 0 saturated carbocycles. The molecule has 2 N–H and O–H groups in total. The highest BCUT2D eigenvalue weighted by Crippen LogP contribution is 2.12. The molecule has 0 heterocycles. The Morgan fingerprint density at radius 1 is 1.15 bits per heavy atom. The molecule has 0 amide bonds. The first-order valence-corrected chi connectivity index (χ1v) is 12.1. The van der Waals surface area contributed by atoms with Crippen LogP contribution in [0, 0.1) is 11.5 Å². The van der Waals surface area contributed by atoms with Crippen LogP contribution in [0.15, 0.2) is 18.2 Å². The van der Waals surface area contributed by atoms with Gasteiger partial charge in [-0.15, -0.1) is 5.54 Å². The van der Waals surface area contributed by atoms with E-state index in [1.807, 2.05) is 39.0 Å². The minimum Gasteiger partial charge on any atom is -0.481 e. The van der Waals surface area contributed by atoms with Gasteiger partial charge in [-0.25, -0.2) is 0 Å². The Labute approximate surface area is 157 Å². The van der Waals surface area contributed by atoms with Crippen molar-refractivity contribution in [1.29, 1.82) is 0 Å². The molecule has 5 nitrogen and oxygen atoms in total. The van der Waals surface area contributed by atoms with E-state index in [4.69, 9.17) is 9.84 Å². The highest BCUT2D eigenvalue weighted by Gasteiger charge is 2.15. The van der Waals surface area contributed by atoms with Gasteiger partial charge in [-0.3, -0.25) is 9.59 Å². The van der Waals surface area contributed by atoms with Crippen molar-refractivity contribution in [3.63, 3.8) is 0 Å². The van der Waals surface area contributed by atoms with Crippen LogP contribution in [-0.2, 0) is 27.3 Å². The molecule has 1 aromatic rings. The highest BCUT2D eigenvalue weighted by atomic mass is 28.3. The van der Waals surface area contributed by atoms with E-state index >= 15 is 0 Å². The zero-order valence-electron chi connectivity index (χ0n) is 16.5. The average Bonchev–Trinajstić information content (AvgIpc) is 2.41. The topological polar surface area (TPSA) is 75.6 Å². The van der Waals surface area contributed by atoms with Gasteiger partial charge >= 0.3 is 11.9 Å². The van der Waals surface area contributed by atoms with Gasteiger partial charge < -0.3 is 15.2 Å². The van der Waals surface area contributed by atoms with Gasteiger partial charge in [0, 0.05) is 12.1 Å². The maximum absolute atomic E-state index is 11.8. The number of hydrogen-bond acceptors (Lipinski definition) is 4. The predicted molar refractivity (Wildman–Crippen MR) is 106 cm³/mol. The smallest absolute Gasteiger partial charge is 0.320 e. The molecule has 0 aliphatic carbocycles. The molecule has 0 aliphatic rings. The Balaban J connectivity index is 2.86. The Bertz CT molecular complexity index is 718. The highest BCUT2D eigenvalue weighted by molar-refractivity contribution is 6.83. The molecule has 1 aromatic carbocycles. The summed E-state index contributed by atoms with van der Waals surface area (Å²) in [5.41, 5.74) is 5.18. The number of carboxylic acids is 1. The monoisotopic (exact) mass is 375 g/mol. The summed E-state index contributed by atoms with van der Waals surface area (Å²) in [4.78, 5) is 22.8. The molecule has 6 heteroatoms. The number of aliphatic carboxylic acids is 1. The van der Waals surface area contributed by atoms with E-state index in [2.05, 4.69) is 36.4 Å². The van der Waals surface area contributed by atoms with Gasteiger partial charge in [-0.1, -0.05) is 31.6 Å². The van der Waals surface area contributed by atoms with E-state index in [1.165, 1.54) is 0 Å². The van der Waals surface area contributed by atoms with Crippen LogP contribution in [0.5, 0.6) is 0 Å². The summed E-state index contributed by atoms with van der Waals surface area (Å²) in [7, 11) is -1.52. The fraction of sp³-hybridized carbons (Fsp3) is 0.500. The number of hydrogen-bond donors (Lipinski definition) is 2. The van der Waals surface area contributed by atoms with Crippen molar-refractivity contribution in [1.82, 2.24) is 5.32 Å². The number of rotatable bonds is 6. The van der Waals surface area contributed by atoms with Crippen molar-refractivity contribution in [3.05, 3.63) is 34.9 Å². The van der Waals surface area contributed by atoms with Gasteiger partial charge in [0.15, 0.2) is 0 Å². The van der Waals surface area contributed by atoms with Gasteiger partial charge in [-0.05, 0) is 44.0 Å². The van der Waals surface area contributed by atoms with Crippen molar-refractivity contribution in [2.24, 2.45) is 0 Å². The molecule has 0 spiro atoms. The van der Waals surface area contributed by atoms with Crippen LogP contribution in [0.3, 0.4) is 0 Å². The summed E-state index contributed by atoms with van der Waals surface area (Å²) in [6, 6.07) is 5.58. The lowest BCUT2D eigenvalue weighted by Crippen LogP contribution is -2.31. The zero-order valence-corrected chi connectivity index (χ0v) is 17.5. The summed E-state index contributed by atoms with van der Waals surface area (Å²) < 4.78 is 5.25. The first-order chi connectivity index (χ1) is 11.8. The number of carbonyl (C=O) groups excluding carboxylic acids is 1. The van der Waals surface area contributed by atoms with Crippen LogP contribution < -0.4 is 5.32 Å². The van der Waals surface area contributed by atoms with E-state index in [1.54, 1.807) is 0 Å². The number of carbonyl (C=O) groups is 2. The first-order valence-electron chi connectivity index (χ1n) is 8.64. The van der Waals surface area contributed by atoms with Gasteiger partial charge in [0.25, 0.3) is 0 Å². The number of benzene rings is 1. The fourth-order valence-electron chi connectivity index (χ4n) is 2.16. The van der Waals surface area contributed by atoms with E-state index in [-0.39, 0.29) is 18.9 Å². The minimum atomic E-state index is -1.52. The molecule has 0 saturated heterocycles. The largest absolute Gasteiger partial charge is 0.481 e. The first kappa shape index (κ1) is 21.9. The van der Waals surface area contributed by atoms with Gasteiger partial charge in [0.1, 0.15) is 13.7 Å². The van der Waals surface area contributed by atoms with E-state index in [0.717, 1.165) is 11.1 Å². The Morgan fingerprint density at radius 2 is 1.77 bits per heavy atom. The predicted octanol–water partition coefficient (Wildman–Crippen LogP) is 2.97. The third-order valence-electron chi connectivity index (χ3n) is 3.01. The second-order valence-corrected chi connectivity index (χ2v) is 13.0. The van der Waals surface area contributed by atoms with Crippen LogP contribution >= 0.6 is 0 Å². The average molecular weight is 376 g/mol. The summed E-state index contributed by atoms with van der Waals surface area (Å²) in [6.45, 7) is 12.5. The third kappa shape index (κ3) is 10.0. The number of ether oxygens (including phenoxy) is 1. The maximum atomic E-state index is 11.8. The zero-order chi connectivity index (χ0) is 20.0. The molecule has 1 rings (SSSR count). The fourth-order valence-corrected chi connectivity index (χ4v) is 2.68. The lowest BCUT2D eigenvalue weighted by Gasteiger charge is -2.19. The SMILES string of the molecule is CC(C)(C)OC(=O)CNCc1cc(C#C[Si](C)(C)C)cc(CC(=O)O)c1. The Morgan fingerprint density at radius 3 is 2.31 bits per heavy atom. The Hall–Kier alpha value is -2.10. The number of carboxylic acid groups (broad SMARTS) is 1. The lowest BCUT2D eigenvalue weighted by molar-refractivity contribution is -0.153. The molecular formula is C20H29NO4Si. The summed E-state index contributed by atoms with van der Waals surface area (Å²) in [6.07, 6.45) is -0.0540. The molecule has 142 valence electrons. The molecule has 0 fully saturated rings. The van der Waals surface area contributed by atoms with E-state index in [9.17, 15) is 9.59 Å². The minimum absolute atomic E-state index is 0.0540. The Kier molecular flexibility index (Phi) is 7.61. The van der Waals surface area contributed by atoms with Crippen molar-refractivity contribution in [3.8, 4) is 11.5 Å². The van der Waals surface area contributed by atoms with Gasteiger partial charge in [0.2, 0.25) is 0 Å². The molecule has 0 unspecified atom stereocenters. The standard InChI is InChI=1S/C20H29NO4Si/c1-20(2,3)25-19(24)14-21-13-17-10-15(7-8-26(4,5)6)9-16(11-17)12-18(22)23/h9-11,21H,12-14H2,1-6H3,(H,22,23). The molecule has 0 aromatic heterocycles. The van der Waals surface area contributed by atoms with E-state index < -0.39 is 19.6 Å².